The van der Waals surface area contributed by atoms with E-state index in [1.165, 1.54) is 95.5 Å². The smallest absolute Gasteiger partial charge is 0.0644 e. The predicted molar refractivity (Wildman–Crippen MR) is 89.0 cm³/mol. The minimum Gasteiger partial charge on any atom is -0.392 e. The van der Waals surface area contributed by atoms with Crippen LogP contribution in [0, 0.1) is 0 Å². The molecule has 0 heterocycles. The Morgan fingerprint density at radius 2 is 1.20 bits per heavy atom. The van der Waals surface area contributed by atoms with Gasteiger partial charge in [0.2, 0.25) is 0 Å². The molecule has 0 aromatic heterocycles. The molecule has 118 valence electrons. The summed E-state index contributed by atoms with van der Waals surface area (Å²) < 4.78 is 0. The number of rotatable bonds is 12. The molecule has 1 aliphatic rings. The lowest BCUT2D eigenvalue weighted by atomic mass is 9.89. The van der Waals surface area contributed by atoms with Gasteiger partial charge in [0.1, 0.15) is 0 Å². The van der Waals surface area contributed by atoms with E-state index in [9.17, 15) is 5.11 Å². The Hall–Kier alpha value is -0.300. The van der Waals surface area contributed by atoms with Gasteiger partial charge in [-0.15, -0.1) is 0 Å². The van der Waals surface area contributed by atoms with Crippen LogP contribution < -0.4 is 0 Å². The molecule has 0 aliphatic heterocycles. The molecule has 0 bridgehead atoms. The van der Waals surface area contributed by atoms with Crippen molar-refractivity contribution < 1.29 is 5.11 Å². The van der Waals surface area contributed by atoms with Gasteiger partial charge in [-0.25, -0.2) is 0 Å². The maximum Gasteiger partial charge on any atom is 0.0644 e. The lowest BCUT2D eigenvalue weighted by molar-refractivity contribution is 0.319. The average Bonchev–Trinajstić information content (AvgIpc) is 2.49. The van der Waals surface area contributed by atoms with Crippen LogP contribution in [0.15, 0.2) is 11.1 Å². The Bertz CT molecular complexity index is 254. The van der Waals surface area contributed by atoms with E-state index < -0.39 is 0 Å². The molecule has 20 heavy (non-hydrogen) atoms. The highest BCUT2D eigenvalue weighted by Crippen LogP contribution is 2.28. The zero-order valence-corrected chi connectivity index (χ0v) is 13.8. The zero-order chi connectivity index (χ0) is 14.5. The molecule has 0 saturated carbocycles. The van der Waals surface area contributed by atoms with Gasteiger partial charge in [-0.05, 0) is 44.1 Å². The van der Waals surface area contributed by atoms with Crippen molar-refractivity contribution in [3.05, 3.63) is 11.1 Å². The first-order valence-electron chi connectivity index (χ1n) is 9.19. The van der Waals surface area contributed by atoms with Gasteiger partial charge in [0, 0.05) is 0 Å². The molecule has 0 spiro atoms. The Kier molecular flexibility index (Phi) is 11.0. The standard InChI is InChI=1S/C19H36O/c1-2-3-4-5-6-7-8-9-10-11-14-18-15-12-13-16-19(18)17-20/h20H,2-17H2,1H3. The Balaban J connectivity index is 1.93. The lowest BCUT2D eigenvalue weighted by Gasteiger charge is -2.19. The quantitative estimate of drug-likeness (QED) is 0.335. The van der Waals surface area contributed by atoms with Crippen LogP contribution in [0.4, 0.5) is 0 Å². The molecule has 0 aromatic rings. The lowest BCUT2D eigenvalue weighted by Crippen LogP contribution is -2.03. The van der Waals surface area contributed by atoms with Gasteiger partial charge < -0.3 is 5.11 Å². The zero-order valence-electron chi connectivity index (χ0n) is 13.8. The fourth-order valence-electron chi connectivity index (χ4n) is 3.35. The van der Waals surface area contributed by atoms with Crippen molar-refractivity contribution in [3.63, 3.8) is 0 Å². The topological polar surface area (TPSA) is 20.2 Å². The second-order valence-electron chi connectivity index (χ2n) is 6.50. The van der Waals surface area contributed by atoms with E-state index >= 15 is 0 Å². The summed E-state index contributed by atoms with van der Waals surface area (Å²) in [4.78, 5) is 0. The molecule has 0 radical (unpaired) electrons. The van der Waals surface area contributed by atoms with Crippen LogP contribution in [0.2, 0.25) is 0 Å². The third kappa shape index (κ3) is 8.09. The van der Waals surface area contributed by atoms with Crippen LogP contribution in [0.1, 0.15) is 103 Å². The highest BCUT2D eigenvalue weighted by atomic mass is 16.3. The monoisotopic (exact) mass is 280 g/mol. The third-order valence-electron chi connectivity index (χ3n) is 4.73. The van der Waals surface area contributed by atoms with E-state index in [1.807, 2.05) is 0 Å². The first-order chi connectivity index (χ1) is 9.88. The van der Waals surface area contributed by atoms with Crippen molar-refractivity contribution in [1.29, 1.82) is 0 Å². The Morgan fingerprint density at radius 3 is 1.75 bits per heavy atom. The van der Waals surface area contributed by atoms with Crippen molar-refractivity contribution in [2.24, 2.45) is 0 Å². The summed E-state index contributed by atoms with van der Waals surface area (Å²) in [6.07, 6.45) is 20.4. The number of unbranched alkanes of at least 4 members (excludes halogenated alkanes) is 9. The second kappa shape index (κ2) is 12.4. The van der Waals surface area contributed by atoms with Crippen molar-refractivity contribution in [3.8, 4) is 0 Å². The minimum atomic E-state index is 0.313. The summed E-state index contributed by atoms with van der Waals surface area (Å²) in [5, 5.41) is 9.36. The van der Waals surface area contributed by atoms with Crippen LogP contribution in [0.3, 0.4) is 0 Å². The molecular weight excluding hydrogens is 244 g/mol. The van der Waals surface area contributed by atoms with Crippen LogP contribution in [0.5, 0.6) is 0 Å². The molecule has 0 amide bonds. The molecule has 0 unspecified atom stereocenters. The molecule has 0 saturated heterocycles. The van der Waals surface area contributed by atoms with Gasteiger partial charge >= 0.3 is 0 Å². The molecular formula is C19H36O. The number of hydrogen-bond acceptors (Lipinski definition) is 1. The average molecular weight is 280 g/mol. The summed E-state index contributed by atoms with van der Waals surface area (Å²) in [5.74, 6) is 0. The van der Waals surface area contributed by atoms with Gasteiger partial charge in [0.25, 0.3) is 0 Å². The normalized spacial score (nSPS) is 15.9. The summed E-state index contributed by atoms with van der Waals surface area (Å²) in [5.41, 5.74) is 2.96. The van der Waals surface area contributed by atoms with Crippen molar-refractivity contribution in [1.82, 2.24) is 0 Å². The summed E-state index contributed by atoms with van der Waals surface area (Å²) in [6, 6.07) is 0. The van der Waals surface area contributed by atoms with E-state index in [0.29, 0.717) is 6.61 Å². The largest absolute Gasteiger partial charge is 0.392 e. The molecule has 1 nitrogen and oxygen atoms in total. The van der Waals surface area contributed by atoms with Gasteiger partial charge in [0.05, 0.1) is 6.61 Å². The van der Waals surface area contributed by atoms with Crippen LogP contribution in [-0.2, 0) is 0 Å². The van der Waals surface area contributed by atoms with E-state index in [-0.39, 0.29) is 0 Å². The van der Waals surface area contributed by atoms with Gasteiger partial charge in [-0.2, -0.15) is 0 Å². The highest BCUT2D eigenvalue weighted by molar-refractivity contribution is 5.17. The van der Waals surface area contributed by atoms with E-state index in [2.05, 4.69) is 6.92 Å². The summed E-state index contributed by atoms with van der Waals surface area (Å²) >= 11 is 0. The van der Waals surface area contributed by atoms with Crippen LogP contribution in [-0.4, -0.2) is 11.7 Å². The first kappa shape index (κ1) is 17.8. The predicted octanol–water partition coefficient (Wildman–Crippen LogP) is 6.16. The minimum absolute atomic E-state index is 0.313. The SMILES string of the molecule is CCCCCCCCCCCCC1=C(CO)CCCC1. The van der Waals surface area contributed by atoms with E-state index in [0.717, 1.165) is 6.42 Å². The van der Waals surface area contributed by atoms with E-state index in [1.54, 1.807) is 5.57 Å². The van der Waals surface area contributed by atoms with Gasteiger partial charge in [0.15, 0.2) is 0 Å². The fraction of sp³-hybridized carbons (Fsp3) is 0.895. The number of allylic oxidation sites excluding steroid dienone is 1. The molecule has 1 N–H and O–H groups in total. The highest BCUT2D eigenvalue weighted by Gasteiger charge is 2.11. The molecule has 0 fully saturated rings. The maximum atomic E-state index is 9.36. The third-order valence-corrected chi connectivity index (χ3v) is 4.73. The molecule has 0 atom stereocenters. The number of hydrogen-bond donors (Lipinski definition) is 1. The summed E-state index contributed by atoms with van der Waals surface area (Å²) in [7, 11) is 0. The fourth-order valence-corrected chi connectivity index (χ4v) is 3.35. The number of aliphatic hydroxyl groups is 1. The Labute approximate surface area is 126 Å². The van der Waals surface area contributed by atoms with Crippen molar-refractivity contribution in [2.45, 2.75) is 103 Å². The van der Waals surface area contributed by atoms with Crippen LogP contribution in [0.25, 0.3) is 0 Å². The Morgan fingerprint density at radius 1 is 0.700 bits per heavy atom. The molecule has 0 aromatic carbocycles. The second-order valence-corrected chi connectivity index (χ2v) is 6.50. The first-order valence-corrected chi connectivity index (χ1v) is 9.19. The maximum absolute atomic E-state index is 9.36. The van der Waals surface area contributed by atoms with Crippen molar-refractivity contribution >= 4 is 0 Å². The summed E-state index contributed by atoms with van der Waals surface area (Å²) in [6.45, 7) is 2.59. The number of aliphatic hydroxyl groups excluding tert-OH is 1. The van der Waals surface area contributed by atoms with Gasteiger partial charge in [-0.1, -0.05) is 70.3 Å². The van der Waals surface area contributed by atoms with Crippen LogP contribution >= 0.6 is 0 Å². The molecule has 1 aliphatic carbocycles. The van der Waals surface area contributed by atoms with E-state index in [4.69, 9.17) is 0 Å². The van der Waals surface area contributed by atoms with Crippen molar-refractivity contribution in [2.75, 3.05) is 6.61 Å². The molecule has 1 heteroatoms. The van der Waals surface area contributed by atoms with Gasteiger partial charge in [-0.3, -0.25) is 0 Å². The molecule has 1 rings (SSSR count).